The summed E-state index contributed by atoms with van der Waals surface area (Å²) in [5.41, 5.74) is 2.02. The third-order valence-corrected chi connectivity index (χ3v) is 3.77. The molecule has 0 saturated heterocycles. The summed E-state index contributed by atoms with van der Waals surface area (Å²) in [6.07, 6.45) is 0.879. The van der Waals surface area contributed by atoms with Crippen molar-refractivity contribution in [2.75, 3.05) is 24.8 Å². The van der Waals surface area contributed by atoms with Crippen LogP contribution in [0.2, 0.25) is 0 Å². The van der Waals surface area contributed by atoms with E-state index in [0.29, 0.717) is 23.8 Å². The van der Waals surface area contributed by atoms with Crippen molar-refractivity contribution >= 4 is 11.6 Å². The summed E-state index contributed by atoms with van der Waals surface area (Å²) in [6.45, 7) is 4.92. The first-order valence-electron chi connectivity index (χ1n) is 8.07. The Morgan fingerprint density at radius 3 is 2.79 bits per heavy atom. The predicted molar refractivity (Wildman–Crippen MR) is 91.9 cm³/mol. The lowest BCUT2D eigenvalue weighted by Crippen LogP contribution is -2.35. The minimum atomic E-state index is -0.0693. The second kappa shape index (κ2) is 7.25. The molecule has 5 nitrogen and oxygen atoms in total. The van der Waals surface area contributed by atoms with E-state index in [1.54, 1.807) is 23.1 Å². The smallest absolute Gasteiger partial charge is 0.264 e. The van der Waals surface area contributed by atoms with Crippen LogP contribution in [0.5, 0.6) is 17.2 Å². The first-order valence-corrected chi connectivity index (χ1v) is 8.07. The van der Waals surface area contributed by atoms with Gasteiger partial charge in [-0.1, -0.05) is 19.1 Å². The Morgan fingerprint density at radius 1 is 1.17 bits per heavy atom. The van der Waals surface area contributed by atoms with Gasteiger partial charge in [-0.3, -0.25) is 4.79 Å². The summed E-state index contributed by atoms with van der Waals surface area (Å²) >= 11 is 0. The van der Waals surface area contributed by atoms with Crippen molar-refractivity contribution in [3.8, 4) is 17.2 Å². The summed E-state index contributed by atoms with van der Waals surface area (Å²) < 4.78 is 16.2. The van der Waals surface area contributed by atoms with Crippen molar-refractivity contribution in [3.63, 3.8) is 0 Å². The van der Waals surface area contributed by atoms with Crippen LogP contribution in [0.25, 0.3) is 0 Å². The summed E-state index contributed by atoms with van der Waals surface area (Å²) in [7, 11) is 0. The van der Waals surface area contributed by atoms with E-state index in [2.05, 4.69) is 6.92 Å². The third kappa shape index (κ3) is 3.62. The highest BCUT2D eigenvalue weighted by Gasteiger charge is 2.17. The molecule has 0 radical (unpaired) electrons. The minimum absolute atomic E-state index is 0.0203. The summed E-state index contributed by atoms with van der Waals surface area (Å²) in [5.74, 6) is 1.86. The van der Waals surface area contributed by atoms with E-state index in [9.17, 15) is 4.79 Å². The molecule has 0 saturated carbocycles. The molecule has 1 amide bonds. The summed E-state index contributed by atoms with van der Waals surface area (Å²) in [5, 5.41) is 0. The van der Waals surface area contributed by atoms with Gasteiger partial charge in [0.1, 0.15) is 5.75 Å². The SMILES string of the molecule is CCCN(C(=O)COc1ccc2c(c1)OCO2)c1cccc(C)c1. The van der Waals surface area contributed by atoms with Crippen LogP contribution in [0.15, 0.2) is 42.5 Å². The molecule has 1 aliphatic heterocycles. The average Bonchev–Trinajstić information content (AvgIpc) is 3.05. The summed E-state index contributed by atoms with van der Waals surface area (Å²) in [6, 6.07) is 13.2. The number of carbonyl (C=O) groups is 1. The molecular formula is C19H21NO4. The lowest BCUT2D eigenvalue weighted by Gasteiger charge is -2.22. The fourth-order valence-electron chi connectivity index (χ4n) is 2.61. The van der Waals surface area contributed by atoms with Crippen LogP contribution in [0.1, 0.15) is 18.9 Å². The molecule has 0 spiro atoms. The van der Waals surface area contributed by atoms with E-state index in [0.717, 1.165) is 17.7 Å². The van der Waals surface area contributed by atoms with Gasteiger partial charge in [-0.2, -0.15) is 0 Å². The number of ether oxygens (including phenoxy) is 3. The maximum absolute atomic E-state index is 12.6. The lowest BCUT2D eigenvalue weighted by atomic mass is 10.2. The zero-order chi connectivity index (χ0) is 16.9. The van der Waals surface area contributed by atoms with Crippen molar-refractivity contribution in [2.24, 2.45) is 0 Å². The van der Waals surface area contributed by atoms with Crippen LogP contribution in [0, 0.1) is 6.92 Å². The topological polar surface area (TPSA) is 48.0 Å². The number of benzene rings is 2. The maximum atomic E-state index is 12.6. The second-order valence-electron chi connectivity index (χ2n) is 5.69. The van der Waals surface area contributed by atoms with Gasteiger partial charge in [0, 0.05) is 18.3 Å². The Morgan fingerprint density at radius 2 is 2.00 bits per heavy atom. The van der Waals surface area contributed by atoms with Crippen molar-refractivity contribution < 1.29 is 19.0 Å². The van der Waals surface area contributed by atoms with Crippen LogP contribution in [0.3, 0.4) is 0 Å². The Balaban J connectivity index is 1.67. The number of nitrogens with zero attached hydrogens (tertiary/aromatic N) is 1. The quantitative estimate of drug-likeness (QED) is 0.814. The van der Waals surface area contributed by atoms with Gasteiger partial charge in [-0.15, -0.1) is 0 Å². The van der Waals surface area contributed by atoms with E-state index < -0.39 is 0 Å². The van der Waals surface area contributed by atoms with E-state index >= 15 is 0 Å². The number of hydrogen-bond donors (Lipinski definition) is 0. The molecule has 0 N–H and O–H groups in total. The van der Waals surface area contributed by atoms with Gasteiger partial charge in [0.25, 0.3) is 5.91 Å². The fraction of sp³-hybridized carbons (Fsp3) is 0.316. The second-order valence-corrected chi connectivity index (χ2v) is 5.69. The zero-order valence-corrected chi connectivity index (χ0v) is 14.0. The highest BCUT2D eigenvalue weighted by Crippen LogP contribution is 2.35. The van der Waals surface area contributed by atoms with Gasteiger partial charge in [0.05, 0.1) is 0 Å². The highest BCUT2D eigenvalue weighted by molar-refractivity contribution is 5.94. The number of hydrogen-bond acceptors (Lipinski definition) is 4. The fourth-order valence-corrected chi connectivity index (χ4v) is 2.61. The molecule has 0 atom stereocenters. The highest BCUT2D eigenvalue weighted by atomic mass is 16.7. The Kier molecular flexibility index (Phi) is 4.89. The molecule has 1 aliphatic rings. The molecule has 2 aromatic carbocycles. The molecule has 5 heteroatoms. The van der Waals surface area contributed by atoms with Crippen molar-refractivity contribution in [2.45, 2.75) is 20.3 Å². The third-order valence-electron chi connectivity index (χ3n) is 3.77. The van der Waals surface area contributed by atoms with E-state index in [4.69, 9.17) is 14.2 Å². The molecule has 24 heavy (non-hydrogen) atoms. The van der Waals surface area contributed by atoms with Crippen molar-refractivity contribution in [3.05, 3.63) is 48.0 Å². The van der Waals surface area contributed by atoms with Crippen LogP contribution in [-0.2, 0) is 4.79 Å². The standard InChI is InChI=1S/C19H21NO4/c1-3-9-20(15-6-4-5-14(2)10-15)19(21)12-22-16-7-8-17-18(11-16)24-13-23-17/h4-8,10-11H,3,9,12-13H2,1-2H3. The minimum Gasteiger partial charge on any atom is -0.484 e. The molecule has 2 aromatic rings. The molecule has 3 rings (SSSR count). The molecule has 126 valence electrons. The number of carbonyl (C=O) groups excluding carboxylic acids is 1. The number of amides is 1. The molecule has 0 bridgehead atoms. The van der Waals surface area contributed by atoms with E-state index in [1.165, 1.54) is 0 Å². The molecule has 0 aromatic heterocycles. The average molecular weight is 327 g/mol. The molecule has 0 unspecified atom stereocenters. The first kappa shape index (κ1) is 16.2. The van der Waals surface area contributed by atoms with Crippen LogP contribution < -0.4 is 19.1 Å². The summed E-state index contributed by atoms with van der Waals surface area (Å²) in [4.78, 5) is 14.4. The van der Waals surface area contributed by atoms with E-state index in [-0.39, 0.29) is 19.3 Å². The monoisotopic (exact) mass is 327 g/mol. The van der Waals surface area contributed by atoms with Crippen LogP contribution >= 0.6 is 0 Å². The molecule has 1 heterocycles. The van der Waals surface area contributed by atoms with E-state index in [1.807, 2.05) is 31.2 Å². The van der Waals surface area contributed by atoms with Crippen molar-refractivity contribution in [1.29, 1.82) is 0 Å². The largest absolute Gasteiger partial charge is 0.484 e. The van der Waals surface area contributed by atoms with Crippen LogP contribution in [-0.4, -0.2) is 25.9 Å². The Labute approximate surface area is 141 Å². The Bertz CT molecular complexity index is 729. The van der Waals surface area contributed by atoms with Crippen LogP contribution in [0.4, 0.5) is 5.69 Å². The molecule has 0 aliphatic carbocycles. The van der Waals surface area contributed by atoms with Gasteiger partial charge >= 0.3 is 0 Å². The van der Waals surface area contributed by atoms with Gasteiger partial charge in [-0.05, 0) is 43.2 Å². The first-order chi connectivity index (χ1) is 11.7. The lowest BCUT2D eigenvalue weighted by molar-refractivity contribution is -0.120. The predicted octanol–water partition coefficient (Wildman–Crippen LogP) is 3.55. The van der Waals surface area contributed by atoms with Gasteiger partial charge in [0.2, 0.25) is 6.79 Å². The van der Waals surface area contributed by atoms with Crippen molar-refractivity contribution in [1.82, 2.24) is 0 Å². The maximum Gasteiger partial charge on any atom is 0.264 e. The number of anilines is 1. The van der Waals surface area contributed by atoms with Gasteiger partial charge in [-0.25, -0.2) is 0 Å². The number of aryl methyl sites for hydroxylation is 1. The zero-order valence-electron chi connectivity index (χ0n) is 14.0. The Hall–Kier alpha value is -2.69. The normalized spacial score (nSPS) is 12.1. The molecular weight excluding hydrogens is 306 g/mol. The van der Waals surface area contributed by atoms with Gasteiger partial charge in [0.15, 0.2) is 18.1 Å². The number of fused-ring (bicyclic) bond motifs is 1. The van der Waals surface area contributed by atoms with Gasteiger partial charge < -0.3 is 19.1 Å². The number of rotatable bonds is 6. The molecule has 0 fully saturated rings.